The van der Waals surface area contributed by atoms with Gasteiger partial charge in [-0.2, -0.15) is 0 Å². The van der Waals surface area contributed by atoms with Gasteiger partial charge in [0.25, 0.3) is 0 Å². The maximum absolute atomic E-state index is 3.87. The van der Waals surface area contributed by atoms with Crippen LogP contribution in [0.25, 0.3) is 0 Å². The summed E-state index contributed by atoms with van der Waals surface area (Å²) < 4.78 is 0. The Kier molecular flexibility index (Phi) is 2.15. The van der Waals surface area contributed by atoms with Crippen molar-refractivity contribution in [3.63, 3.8) is 0 Å². The molecule has 0 aliphatic carbocycles. The lowest BCUT2D eigenvalue weighted by molar-refractivity contribution is 0.405. The van der Waals surface area contributed by atoms with E-state index in [-0.39, 0.29) is 0 Å². The van der Waals surface area contributed by atoms with Gasteiger partial charge >= 0.3 is 0 Å². The molecule has 1 N–H and O–H groups in total. The first-order chi connectivity index (χ1) is 4.33. The van der Waals surface area contributed by atoms with Crippen LogP contribution in [-0.4, -0.2) is 6.54 Å². The fraction of sp³-hybridized carbons (Fsp3) is 0.750. The van der Waals surface area contributed by atoms with Gasteiger partial charge in [-0.3, -0.25) is 0 Å². The van der Waals surface area contributed by atoms with Crippen molar-refractivity contribution in [2.75, 3.05) is 6.54 Å². The largest absolute Gasteiger partial charge is 0.389 e. The maximum Gasteiger partial charge on any atom is 0.0172 e. The van der Waals surface area contributed by atoms with Gasteiger partial charge < -0.3 is 5.32 Å². The Balaban J connectivity index is 2.26. The second kappa shape index (κ2) is 2.90. The molecule has 1 fully saturated rings. The Morgan fingerprint density at radius 1 is 1.78 bits per heavy atom. The molecule has 0 saturated carbocycles. The van der Waals surface area contributed by atoms with Gasteiger partial charge in [0.15, 0.2) is 0 Å². The third kappa shape index (κ3) is 1.74. The van der Waals surface area contributed by atoms with E-state index in [2.05, 4.69) is 18.8 Å². The van der Waals surface area contributed by atoms with Gasteiger partial charge in [-0.1, -0.05) is 19.9 Å². The molecule has 0 radical (unpaired) electrons. The van der Waals surface area contributed by atoms with Crippen LogP contribution in [0.15, 0.2) is 12.3 Å². The summed E-state index contributed by atoms with van der Waals surface area (Å²) in [5.74, 6) is 0.899. The van der Waals surface area contributed by atoms with Gasteiger partial charge in [0.05, 0.1) is 0 Å². The van der Waals surface area contributed by atoms with Crippen LogP contribution in [0, 0.1) is 5.92 Å². The Morgan fingerprint density at radius 3 is 3.00 bits per heavy atom. The Labute approximate surface area is 57.1 Å². The van der Waals surface area contributed by atoms with Crippen molar-refractivity contribution < 1.29 is 0 Å². The van der Waals surface area contributed by atoms with Gasteiger partial charge in [-0.25, -0.2) is 0 Å². The van der Waals surface area contributed by atoms with Crippen molar-refractivity contribution in [2.24, 2.45) is 5.92 Å². The van der Waals surface area contributed by atoms with E-state index in [0.717, 1.165) is 12.5 Å². The first kappa shape index (κ1) is 6.66. The highest BCUT2D eigenvalue weighted by Gasteiger charge is 2.11. The van der Waals surface area contributed by atoms with Crippen molar-refractivity contribution in [2.45, 2.75) is 26.2 Å². The van der Waals surface area contributed by atoms with E-state index in [1.54, 1.807) is 0 Å². The van der Waals surface area contributed by atoms with E-state index in [1.807, 2.05) is 0 Å². The van der Waals surface area contributed by atoms with E-state index in [1.165, 1.54) is 25.0 Å². The van der Waals surface area contributed by atoms with Crippen LogP contribution in [-0.2, 0) is 0 Å². The average molecular weight is 125 g/mol. The predicted molar refractivity (Wildman–Crippen MR) is 40.2 cm³/mol. The fourth-order valence-electron chi connectivity index (χ4n) is 1.21. The summed E-state index contributed by atoms with van der Waals surface area (Å²) in [6, 6.07) is 0. The van der Waals surface area contributed by atoms with E-state index >= 15 is 0 Å². The summed E-state index contributed by atoms with van der Waals surface area (Å²) >= 11 is 0. The third-order valence-corrected chi connectivity index (χ3v) is 2.07. The zero-order valence-corrected chi connectivity index (χ0v) is 6.11. The molecule has 0 spiro atoms. The first-order valence-electron chi connectivity index (χ1n) is 3.74. The average Bonchev–Trinajstić information content (AvgIpc) is 1.90. The molecule has 1 nitrogen and oxygen atoms in total. The van der Waals surface area contributed by atoms with Crippen molar-refractivity contribution in [3.8, 4) is 0 Å². The van der Waals surface area contributed by atoms with Gasteiger partial charge in [0.1, 0.15) is 0 Å². The Bertz CT molecular complexity index is 97.1. The number of piperidine rings is 1. The molecule has 1 saturated heterocycles. The molecule has 1 heteroatoms. The first-order valence-corrected chi connectivity index (χ1v) is 3.74. The highest BCUT2D eigenvalue weighted by Crippen LogP contribution is 2.17. The number of nitrogens with one attached hydrogen (secondary N) is 1. The molecule has 9 heavy (non-hydrogen) atoms. The zero-order valence-electron chi connectivity index (χ0n) is 6.11. The zero-order chi connectivity index (χ0) is 6.69. The van der Waals surface area contributed by atoms with Crippen LogP contribution in [0.2, 0.25) is 0 Å². The van der Waals surface area contributed by atoms with Crippen LogP contribution in [0.3, 0.4) is 0 Å². The fourth-order valence-corrected chi connectivity index (χ4v) is 1.21. The smallest absolute Gasteiger partial charge is 0.0172 e. The van der Waals surface area contributed by atoms with E-state index in [0.29, 0.717) is 0 Å². The molecular weight excluding hydrogens is 110 g/mol. The third-order valence-electron chi connectivity index (χ3n) is 2.07. The second-order valence-corrected chi connectivity index (χ2v) is 2.80. The lowest BCUT2D eigenvalue weighted by Gasteiger charge is -2.23. The summed E-state index contributed by atoms with van der Waals surface area (Å²) in [5, 5.41) is 3.29. The standard InChI is InChI=1S/C8H15N/c1-3-8-5-4-7(2)9-6-8/h8-9H,2-6H2,1H3. The van der Waals surface area contributed by atoms with Crippen LogP contribution in [0.5, 0.6) is 0 Å². The topological polar surface area (TPSA) is 12.0 Å². The molecule has 0 aromatic rings. The molecular formula is C8H15N. The predicted octanol–water partition coefficient (Wildman–Crippen LogP) is 1.91. The minimum Gasteiger partial charge on any atom is -0.389 e. The molecule has 1 atom stereocenters. The van der Waals surface area contributed by atoms with Crippen LogP contribution < -0.4 is 5.32 Å². The normalized spacial score (nSPS) is 27.7. The molecule has 1 rings (SSSR count). The highest BCUT2D eigenvalue weighted by atomic mass is 14.9. The van der Waals surface area contributed by atoms with Crippen LogP contribution in [0.1, 0.15) is 26.2 Å². The number of rotatable bonds is 1. The highest BCUT2D eigenvalue weighted by molar-refractivity contribution is 4.95. The number of allylic oxidation sites excluding steroid dienone is 1. The number of hydrogen-bond donors (Lipinski definition) is 1. The number of hydrogen-bond acceptors (Lipinski definition) is 1. The van der Waals surface area contributed by atoms with Crippen LogP contribution in [0.4, 0.5) is 0 Å². The van der Waals surface area contributed by atoms with Gasteiger partial charge in [0.2, 0.25) is 0 Å². The maximum atomic E-state index is 3.87. The molecule has 0 bridgehead atoms. The van der Waals surface area contributed by atoms with Crippen molar-refractivity contribution in [1.82, 2.24) is 5.32 Å². The van der Waals surface area contributed by atoms with Gasteiger partial charge in [0, 0.05) is 12.2 Å². The SMILES string of the molecule is C=C1CCC(CC)CN1. The molecule has 1 aliphatic heterocycles. The van der Waals surface area contributed by atoms with E-state index in [9.17, 15) is 0 Å². The Morgan fingerprint density at radius 2 is 2.56 bits per heavy atom. The molecule has 1 heterocycles. The summed E-state index contributed by atoms with van der Waals surface area (Å²) in [7, 11) is 0. The summed E-state index contributed by atoms with van der Waals surface area (Å²) in [4.78, 5) is 0. The van der Waals surface area contributed by atoms with Crippen LogP contribution >= 0.6 is 0 Å². The monoisotopic (exact) mass is 125 g/mol. The molecule has 52 valence electrons. The van der Waals surface area contributed by atoms with Crippen molar-refractivity contribution in [1.29, 1.82) is 0 Å². The van der Waals surface area contributed by atoms with E-state index in [4.69, 9.17) is 0 Å². The van der Waals surface area contributed by atoms with Crippen molar-refractivity contribution in [3.05, 3.63) is 12.3 Å². The minimum atomic E-state index is 0.899. The lowest BCUT2D eigenvalue weighted by atomic mass is 9.96. The second-order valence-electron chi connectivity index (χ2n) is 2.80. The molecule has 0 aromatic heterocycles. The van der Waals surface area contributed by atoms with Gasteiger partial charge in [-0.15, -0.1) is 0 Å². The molecule has 0 aromatic carbocycles. The molecule has 1 unspecified atom stereocenters. The van der Waals surface area contributed by atoms with Crippen molar-refractivity contribution >= 4 is 0 Å². The molecule has 0 amide bonds. The van der Waals surface area contributed by atoms with Gasteiger partial charge in [-0.05, 0) is 18.8 Å². The Hall–Kier alpha value is -0.460. The summed E-state index contributed by atoms with van der Waals surface area (Å²) in [6.45, 7) is 7.27. The quantitative estimate of drug-likeness (QED) is 0.564. The summed E-state index contributed by atoms with van der Waals surface area (Å²) in [6.07, 6.45) is 3.82. The molecule has 1 aliphatic rings. The minimum absolute atomic E-state index is 0.899. The summed E-state index contributed by atoms with van der Waals surface area (Å²) in [5.41, 5.74) is 1.22. The lowest BCUT2D eigenvalue weighted by Crippen LogP contribution is -2.26. The van der Waals surface area contributed by atoms with E-state index < -0.39 is 0 Å².